The summed E-state index contributed by atoms with van der Waals surface area (Å²) in [7, 11) is 0. The van der Waals surface area contributed by atoms with Crippen LogP contribution < -0.4 is 5.32 Å². The highest BCUT2D eigenvalue weighted by Gasteiger charge is 2.19. The average molecular weight is 750 g/mol. The number of amides is 1. The van der Waals surface area contributed by atoms with E-state index in [2.05, 4.69) is 19.2 Å². The van der Waals surface area contributed by atoms with E-state index in [1.54, 1.807) is 0 Å². The number of carbonyl (C=O) groups excluding carboxylic acids is 1. The third-order valence-electron chi connectivity index (χ3n) is 11.9. The summed E-state index contributed by atoms with van der Waals surface area (Å²) >= 11 is 0. The lowest BCUT2D eigenvalue weighted by Gasteiger charge is -2.22. The highest BCUT2D eigenvalue weighted by atomic mass is 16.3. The standard InChI is InChI=1S/C49H99NO3/c1-3-5-7-8-9-10-11-12-13-14-15-16-17-18-19-20-21-22-23-24-25-26-27-28-29-30-31-32-33-34-35-36-37-38-39-40-41-43-45-49(53)50-47(46-51)48(52)44-42-6-4-2/h47-48,51-52H,3-46H2,1-2H3,(H,50,53). The average Bonchev–Trinajstić information content (AvgIpc) is 3.16. The van der Waals surface area contributed by atoms with E-state index >= 15 is 0 Å². The molecular weight excluding hydrogens is 651 g/mol. The van der Waals surface area contributed by atoms with Crippen molar-refractivity contribution in [3.63, 3.8) is 0 Å². The van der Waals surface area contributed by atoms with Gasteiger partial charge in [0.15, 0.2) is 0 Å². The zero-order valence-corrected chi connectivity index (χ0v) is 36.6. The molecule has 0 aliphatic rings. The van der Waals surface area contributed by atoms with Crippen LogP contribution in [0.15, 0.2) is 0 Å². The SMILES string of the molecule is CCCCCCCCCCCCCCCCCCCCCCCCCCCCCCCCCCCCCCCCC(=O)NC(CO)C(O)CCCCC. The van der Waals surface area contributed by atoms with Crippen molar-refractivity contribution in [2.75, 3.05) is 6.61 Å². The van der Waals surface area contributed by atoms with Gasteiger partial charge in [-0.05, 0) is 12.8 Å². The van der Waals surface area contributed by atoms with Crippen molar-refractivity contribution in [3.8, 4) is 0 Å². The molecule has 0 heterocycles. The van der Waals surface area contributed by atoms with Crippen LogP contribution in [-0.2, 0) is 4.79 Å². The summed E-state index contributed by atoms with van der Waals surface area (Å²) in [6.45, 7) is 4.24. The second-order valence-corrected chi connectivity index (χ2v) is 17.3. The molecule has 0 radical (unpaired) electrons. The van der Waals surface area contributed by atoms with E-state index in [1.165, 1.54) is 231 Å². The Morgan fingerprint density at radius 2 is 0.604 bits per heavy atom. The molecule has 53 heavy (non-hydrogen) atoms. The molecule has 4 nitrogen and oxygen atoms in total. The lowest BCUT2D eigenvalue weighted by Crippen LogP contribution is -2.45. The van der Waals surface area contributed by atoms with Crippen LogP contribution in [0.4, 0.5) is 0 Å². The topological polar surface area (TPSA) is 69.6 Å². The number of hydrogen-bond acceptors (Lipinski definition) is 3. The fourth-order valence-corrected chi connectivity index (χ4v) is 8.07. The summed E-state index contributed by atoms with van der Waals surface area (Å²) in [5, 5.41) is 22.6. The Hall–Kier alpha value is -0.610. The number of nitrogens with one attached hydrogen (secondary N) is 1. The Morgan fingerprint density at radius 1 is 0.377 bits per heavy atom. The highest BCUT2D eigenvalue weighted by Crippen LogP contribution is 2.18. The minimum absolute atomic E-state index is 0.0370. The third kappa shape index (κ3) is 42.4. The van der Waals surface area contributed by atoms with Crippen LogP contribution in [-0.4, -0.2) is 34.9 Å². The van der Waals surface area contributed by atoms with E-state index in [-0.39, 0.29) is 12.5 Å². The summed E-state index contributed by atoms with van der Waals surface area (Å²) in [5.74, 6) is -0.0370. The van der Waals surface area contributed by atoms with Crippen LogP contribution in [0, 0.1) is 0 Å². The summed E-state index contributed by atoms with van der Waals surface area (Å²) < 4.78 is 0. The monoisotopic (exact) mass is 750 g/mol. The molecule has 0 aromatic rings. The fraction of sp³-hybridized carbons (Fsp3) is 0.980. The highest BCUT2D eigenvalue weighted by molar-refractivity contribution is 5.76. The molecule has 0 saturated heterocycles. The largest absolute Gasteiger partial charge is 0.394 e. The molecule has 0 aliphatic heterocycles. The van der Waals surface area contributed by atoms with Gasteiger partial charge in [0.25, 0.3) is 0 Å². The predicted octanol–water partition coefficient (Wildman–Crippen LogP) is 15.6. The van der Waals surface area contributed by atoms with Crippen molar-refractivity contribution < 1.29 is 15.0 Å². The summed E-state index contributed by atoms with van der Waals surface area (Å²) in [4.78, 5) is 12.2. The molecule has 3 N–H and O–H groups in total. The van der Waals surface area contributed by atoms with Gasteiger partial charge in [-0.25, -0.2) is 0 Å². The van der Waals surface area contributed by atoms with Gasteiger partial charge >= 0.3 is 0 Å². The van der Waals surface area contributed by atoms with Crippen molar-refractivity contribution in [2.45, 2.75) is 302 Å². The Kier molecular flexibility index (Phi) is 45.3. The zero-order valence-electron chi connectivity index (χ0n) is 36.6. The third-order valence-corrected chi connectivity index (χ3v) is 11.9. The van der Waals surface area contributed by atoms with Crippen molar-refractivity contribution in [1.82, 2.24) is 5.32 Å². The first kappa shape index (κ1) is 52.4. The van der Waals surface area contributed by atoms with Gasteiger partial charge in [0.2, 0.25) is 5.91 Å². The molecule has 2 unspecified atom stereocenters. The first-order chi connectivity index (χ1) is 26.2. The van der Waals surface area contributed by atoms with Crippen LogP contribution in [0.5, 0.6) is 0 Å². The van der Waals surface area contributed by atoms with Gasteiger partial charge in [-0.2, -0.15) is 0 Å². The van der Waals surface area contributed by atoms with Crippen LogP contribution in [0.1, 0.15) is 290 Å². The Labute approximate surface area is 334 Å². The lowest BCUT2D eigenvalue weighted by atomic mass is 10.0. The number of unbranched alkanes of at least 4 members (excludes halogenated alkanes) is 39. The molecule has 0 saturated carbocycles. The number of hydrogen-bond donors (Lipinski definition) is 3. The number of aliphatic hydroxyl groups is 2. The molecule has 318 valence electrons. The van der Waals surface area contributed by atoms with E-state index in [4.69, 9.17) is 0 Å². The molecule has 0 aromatic heterocycles. The van der Waals surface area contributed by atoms with Crippen LogP contribution in [0.3, 0.4) is 0 Å². The van der Waals surface area contributed by atoms with E-state index in [9.17, 15) is 15.0 Å². The Balaban J connectivity index is 3.20. The molecule has 0 rings (SSSR count). The Bertz CT molecular complexity index is 685. The maximum atomic E-state index is 12.2. The first-order valence-electron chi connectivity index (χ1n) is 24.7. The van der Waals surface area contributed by atoms with Gasteiger partial charge < -0.3 is 15.5 Å². The first-order valence-corrected chi connectivity index (χ1v) is 24.7. The van der Waals surface area contributed by atoms with Crippen molar-refractivity contribution in [1.29, 1.82) is 0 Å². The van der Waals surface area contributed by atoms with Gasteiger partial charge in [-0.3, -0.25) is 4.79 Å². The molecule has 4 heteroatoms. The normalized spacial score (nSPS) is 12.8. The van der Waals surface area contributed by atoms with Gasteiger partial charge in [-0.15, -0.1) is 0 Å². The number of carbonyl (C=O) groups is 1. The van der Waals surface area contributed by atoms with E-state index in [1.807, 2.05) is 0 Å². The van der Waals surface area contributed by atoms with Gasteiger partial charge in [0.1, 0.15) is 0 Å². The van der Waals surface area contributed by atoms with Crippen molar-refractivity contribution in [2.24, 2.45) is 0 Å². The maximum absolute atomic E-state index is 12.2. The van der Waals surface area contributed by atoms with Gasteiger partial charge in [-0.1, -0.05) is 271 Å². The molecule has 0 aromatic carbocycles. The molecule has 0 bridgehead atoms. The van der Waals surface area contributed by atoms with E-state index in [0.29, 0.717) is 12.8 Å². The quantitative estimate of drug-likeness (QED) is 0.0543. The van der Waals surface area contributed by atoms with Gasteiger partial charge in [0.05, 0.1) is 18.8 Å². The minimum Gasteiger partial charge on any atom is -0.394 e. The fourth-order valence-electron chi connectivity index (χ4n) is 8.07. The van der Waals surface area contributed by atoms with Crippen LogP contribution >= 0.6 is 0 Å². The smallest absolute Gasteiger partial charge is 0.220 e. The summed E-state index contributed by atoms with van der Waals surface area (Å²) in [6, 6.07) is -0.526. The minimum atomic E-state index is -0.650. The number of aliphatic hydroxyl groups excluding tert-OH is 2. The van der Waals surface area contributed by atoms with Crippen molar-refractivity contribution >= 4 is 5.91 Å². The molecule has 2 atom stereocenters. The zero-order chi connectivity index (χ0) is 38.6. The maximum Gasteiger partial charge on any atom is 0.220 e. The predicted molar refractivity (Wildman–Crippen MR) is 235 cm³/mol. The molecular formula is C49H99NO3. The van der Waals surface area contributed by atoms with Crippen LogP contribution in [0.25, 0.3) is 0 Å². The molecule has 0 aliphatic carbocycles. The number of rotatable bonds is 46. The van der Waals surface area contributed by atoms with Gasteiger partial charge in [0, 0.05) is 6.42 Å². The molecule has 0 fully saturated rings. The molecule has 0 spiro atoms. The van der Waals surface area contributed by atoms with Crippen LogP contribution in [0.2, 0.25) is 0 Å². The second-order valence-electron chi connectivity index (χ2n) is 17.3. The molecule has 1 amide bonds. The van der Waals surface area contributed by atoms with Crippen molar-refractivity contribution in [3.05, 3.63) is 0 Å². The summed E-state index contributed by atoms with van der Waals surface area (Å²) in [6.07, 6.45) is 57.4. The lowest BCUT2D eigenvalue weighted by molar-refractivity contribution is -0.123. The Morgan fingerprint density at radius 3 is 0.849 bits per heavy atom. The second kappa shape index (κ2) is 45.8. The summed E-state index contributed by atoms with van der Waals surface area (Å²) in [5.41, 5.74) is 0. The van der Waals surface area contributed by atoms with E-state index in [0.717, 1.165) is 32.1 Å². The van der Waals surface area contributed by atoms with E-state index < -0.39 is 12.1 Å².